The third kappa shape index (κ3) is 4.07. The van der Waals surface area contributed by atoms with Crippen LogP contribution in [0.3, 0.4) is 0 Å². The van der Waals surface area contributed by atoms with Gasteiger partial charge in [-0.2, -0.15) is 0 Å². The molecule has 2 aromatic rings. The SMILES string of the molecule is CC(C)n1cnc(C(=O)N[C@@H]2CCCN(Cc3ccccc3)C2=O)c1. The minimum atomic E-state index is -0.478. The summed E-state index contributed by atoms with van der Waals surface area (Å²) in [6.45, 7) is 5.35. The van der Waals surface area contributed by atoms with Gasteiger partial charge >= 0.3 is 0 Å². The van der Waals surface area contributed by atoms with E-state index in [1.54, 1.807) is 12.5 Å². The van der Waals surface area contributed by atoms with Gasteiger partial charge in [0.15, 0.2) is 0 Å². The maximum atomic E-state index is 12.7. The summed E-state index contributed by atoms with van der Waals surface area (Å²) >= 11 is 0. The van der Waals surface area contributed by atoms with Crippen molar-refractivity contribution in [3.05, 3.63) is 54.1 Å². The maximum absolute atomic E-state index is 12.7. The molecule has 25 heavy (non-hydrogen) atoms. The zero-order valence-electron chi connectivity index (χ0n) is 14.7. The van der Waals surface area contributed by atoms with Crippen LogP contribution in [0.25, 0.3) is 0 Å². The normalized spacial score (nSPS) is 17.8. The molecule has 1 aliphatic rings. The Morgan fingerprint density at radius 1 is 1.32 bits per heavy atom. The first-order chi connectivity index (χ1) is 12.0. The first kappa shape index (κ1) is 17.2. The molecule has 0 aliphatic carbocycles. The fraction of sp³-hybridized carbons (Fsp3) is 0.421. The number of nitrogens with one attached hydrogen (secondary N) is 1. The third-order valence-corrected chi connectivity index (χ3v) is 4.48. The first-order valence-electron chi connectivity index (χ1n) is 8.71. The van der Waals surface area contributed by atoms with Gasteiger partial charge in [-0.15, -0.1) is 0 Å². The molecule has 6 nitrogen and oxygen atoms in total. The number of benzene rings is 1. The van der Waals surface area contributed by atoms with E-state index in [1.807, 2.05) is 53.6 Å². The summed E-state index contributed by atoms with van der Waals surface area (Å²) in [7, 11) is 0. The van der Waals surface area contributed by atoms with Crippen LogP contribution in [0.5, 0.6) is 0 Å². The highest BCUT2D eigenvalue weighted by molar-refractivity contribution is 5.96. The lowest BCUT2D eigenvalue weighted by Gasteiger charge is -2.32. The van der Waals surface area contributed by atoms with E-state index in [-0.39, 0.29) is 17.9 Å². The minimum absolute atomic E-state index is 0.0215. The van der Waals surface area contributed by atoms with Crippen LogP contribution in [0, 0.1) is 0 Å². The summed E-state index contributed by atoms with van der Waals surface area (Å²) in [4.78, 5) is 31.1. The Balaban J connectivity index is 1.63. The van der Waals surface area contributed by atoms with Crippen molar-refractivity contribution in [1.29, 1.82) is 0 Å². The van der Waals surface area contributed by atoms with Crippen molar-refractivity contribution < 1.29 is 9.59 Å². The van der Waals surface area contributed by atoms with Crippen molar-refractivity contribution in [2.75, 3.05) is 6.54 Å². The van der Waals surface area contributed by atoms with E-state index in [0.29, 0.717) is 18.7 Å². The van der Waals surface area contributed by atoms with Crippen molar-refractivity contribution >= 4 is 11.8 Å². The number of piperidine rings is 1. The summed E-state index contributed by atoms with van der Waals surface area (Å²) in [6.07, 6.45) is 4.91. The highest BCUT2D eigenvalue weighted by atomic mass is 16.2. The average Bonchev–Trinajstić information content (AvgIpc) is 3.10. The molecule has 1 fully saturated rings. The summed E-state index contributed by atoms with van der Waals surface area (Å²) in [5.41, 5.74) is 1.44. The van der Waals surface area contributed by atoms with E-state index in [1.165, 1.54) is 0 Å². The number of likely N-dealkylation sites (tertiary alicyclic amines) is 1. The number of carbonyl (C=O) groups is 2. The topological polar surface area (TPSA) is 67.2 Å². The number of hydrogen-bond acceptors (Lipinski definition) is 3. The molecule has 2 heterocycles. The van der Waals surface area contributed by atoms with Crippen molar-refractivity contribution in [2.24, 2.45) is 0 Å². The molecule has 3 rings (SSSR count). The number of carbonyl (C=O) groups excluding carboxylic acids is 2. The molecule has 0 bridgehead atoms. The lowest BCUT2D eigenvalue weighted by Crippen LogP contribution is -2.51. The van der Waals surface area contributed by atoms with Crippen LogP contribution < -0.4 is 5.32 Å². The van der Waals surface area contributed by atoms with Gasteiger partial charge < -0.3 is 14.8 Å². The minimum Gasteiger partial charge on any atom is -0.339 e. The number of hydrogen-bond donors (Lipinski definition) is 1. The van der Waals surface area contributed by atoms with Gasteiger partial charge in [-0.05, 0) is 32.3 Å². The standard InChI is InChI=1S/C19H24N4O2/c1-14(2)23-12-17(20-13-23)18(24)21-16-9-6-10-22(19(16)25)11-15-7-4-3-5-8-15/h3-5,7-8,12-14,16H,6,9-11H2,1-2H3,(H,21,24)/t16-/m1/s1. The quantitative estimate of drug-likeness (QED) is 0.909. The second kappa shape index (κ2) is 7.51. The van der Waals surface area contributed by atoms with Crippen molar-refractivity contribution in [2.45, 2.75) is 45.3 Å². The lowest BCUT2D eigenvalue weighted by atomic mass is 10.0. The highest BCUT2D eigenvalue weighted by Gasteiger charge is 2.30. The third-order valence-electron chi connectivity index (χ3n) is 4.48. The van der Waals surface area contributed by atoms with Crippen LogP contribution >= 0.6 is 0 Å². The van der Waals surface area contributed by atoms with E-state index in [2.05, 4.69) is 10.3 Å². The number of aromatic nitrogens is 2. The monoisotopic (exact) mass is 340 g/mol. The maximum Gasteiger partial charge on any atom is 0.272 e. The molecule has 2 amide bonds. The van der Waals surface area contributed by atoms with Gasteiger partial charge in [-0.25, -0.2) is 4.98 Å². The molecule has 6 heteroatoms. The van der Waals surface area contributed by atoms with E-state index < -0.39 is 6.04 Å². The molecule has 132 valence electrons. The summed E-state index contributed by atoms with van der Waals surface area (Å²) in [5, 5.41) is 2.85. The van der Waals surface area contributed by atoms with Crippen LogP contribution in [0.15, 0.2) is 42.9 Å². The Morgan fingerprint density at radius 2 is 2.08 bits per heavy atom. The summed E-state index contributed by atoms with van der Waals surface area (Å²) in [6, 6.07) is 9.67. The predicted molar refractivity (Wildman–Crippen MR) is 95.0 cm³/mol. The van der Waals surface area contributed by atoms with E-state index in [0.717, 1.165) is 18.5 Å². The molecule has 1 N–H and O–H groups in total. The Morgan fingerprint density at radius 3 is 2.76 bits per heavy atom. The Kier molecular flexibility index (Phi) is 5.16. The Labute approximate surface area is 147 Å². The van der Waals surface area contributed by atoms with Crippen LogP contribution in [-0.2, 0) is 11.3 Å². The lowest BCUT2D eigenvalue weighted by molar-refractivity contribution is -0.136. The molecule has 1 atom stereocenters. The molecule has 1 aliphatic heterocycles. The molecule has 1 saturated heterocycles. The average molecular weight is 340 g/mol. The van der Waals surface area contributed by atoms with Gasteiger partial charge in [0.05, 0.1) is 6.33 Å². The van der Waals surface area contributed by atoms with Crippen molar-refractivity contribution in [3.8, 4) is 0 Å². The van der Waals surface area contributed by atoms with E-state index in [4.69, 9.17) is 0 Å². The van der Waals surface area contributed by atoms with Crippen LogP contribution in [-0.4, -0.2) is 38.9 Å². The summed E-state index contributed by atoms with van der Waals surface area (Å²) < 4.78 is 1.87. The molecular weight excluding hydrogens is 316 g/mol. The number of rotatable bonds is 5. The molecule has 0 spiro atoms. The largest absolute Gasteiger partial charge is 0.339 e. The van der Waals surface area contributed by atoms with Gasteiger partial charge in [0, 0.05) is 25.3 Å². The molecular formula is C19H24N4O2. The van der Waals surface area contributed by atoms with Crippen LogP contribution in [0.2, 0.25) is 0 Å². The molecule has 1 aromatic heterocycles. The fourth-order valence-corrected chi connectivity index (χ4v) is 3.00. The number of amides is 2. The van der Waals surface area contributed by atoms with Gasteiger partial charge in [0.25, 0.3) is 5.91 Å². The fourth-order valence-electron chi connectivity index (χ4n) is 3.00. The van der Waals surface area contributed by atoms with E-state index >= 15 is 0 Å². The Hall–Kier alpha value is -2.63. The van der Waals surface area contributed by atoms with Crippen LogP contribution in [0.1, 0.15) is 48.8 Å². The van der Waals surface area contributed by atoms with Crippen molar-refractivity contribution in [3.63, 3.8) is 0 Å². The zero-order chi connectivity index (χ0) is 17.8. The predicted octanol–water partition coefficient (Wildman–Crippen LogP) is 2.39. The van der Waals surface area contributed by atoms with Crippen LogP contribution in [0.4, 0.5) is 0 Å². The summed E-state index contributed by atoms with van der Waals surface area (Å²) in [5.74, 6) is -0.314. The second-order valence-corrected chi connectivity index (χ2v) is 6.71. The van der Waals surface area contributed by atoms with Gasteiger partial charge in [-0.3, -0.25) is 9.59 Å². The van der Waals surface area contributed by atoms with E-state index in [9.17, 15) is 9.59 Å². The van der Waals surface area contributed by atoms with Crippen molar-refractivity contribution in [1.82, 2.24) is 19.8 Å². The molecule has 1 aromatic carbocycles. The van der Waals surface area contributed by atoms with Gasteiger partial charge in [-0.1, -0.05) is 30.3 Å². The Bertz CT molecular complexity index is 739. The number of imidazole rings is 1. The first-order valence-corrected chi connectivity index (χ1v) is 8.71. The zero-order valence-corrected chi connectivity index (χ0v) is 14.7. The highest BCUT2D eigenvalue weighted by Crippen LogP contribution is 2.16. The smallest absolute Gasteiger partial charge is 0.272 e. The van der Waals surface area contributed by atoms with Gasteiger partial charge in [0.2, 0.25) is 5.91 Å². The number of nitrogens with zero attached hydrogens (tertiary/aromatic N) is 3. The molecule has 0 saturated carbocycles. The van der Waals surface area contributed by atoms with Gasteiger partial charge in [0.1, 0.15) is 11.7 Å². The molecule has 0 unspecified atom stereocenters. The second-order valence-electron chi connectivity index (χ2n) is 6.71. The molecule has 0 radical (unpaired) electrons.